The van der Waals surface area contributed by atoms with E-state index in [0.29, 0.717) is 22.8 Å². The molecular formula is C15H16ClNO4. The summed E-state index contributed by atoms with van der Waals surface area (Å²) < 4.78 is 5.39. The van der Waals surface area contributed by atoms with E-state index < -0.39 is 5.97 Å². The van der Waals surface area contributed by atoms with E-state index in [0.717, 1.165) is 12.5 Å². The number of ether oxygens (including phenoxy) is 1. The van der Waals surface area contributed by atoms with E-state index in [1.165, 1.54) is 12.1 Å². The molecule has 6 heteroatoms. The van der Waals surface area contributed by atoms with Gasteiger partial charge in [0.15, 0.2) is 0 Å². The van der Waals surface area contributed by atoms with Gasteiger partial charge in [0.1, 0.15) is 0 Å². The number of carboxylic acids is 1. The van der Waals surface area contributed by atoms with Crippen molar-refractivity contribution in [3.63, 3.8) is 0 Å². The third-order valence-electron chi connectivity index (χ3n) is 3.36. The second-order valence-corrected chi connectivity index (χ2v) is 5.26. The van der Waals surface area contributed by atoms with Gasteiger partial charge in [-0.25, -0.2) is 4.79 Å². The molecule has 1 aliphatic heterocycles. The van der Waals surface area contributed by atoms with Crippen LogP contribution in [0.3, 0.4) is 0 Å². The summed E-state index contributed by atoms with van der Waals surface area (Å²) in [7, 11) is 0. The van der Waals surface area contributed by atoms with Gasteiger partial charge in [-0.15, -0.1) is 0 Å². The number of carbonyl (C=O) groups excluding carboxylic acids is 1. The maximum atomic E-state index is 12.1. The summed E-state index contributed by atoms with van der Waals surface area (Å²) in [6, 6.07) is 4.76. The lowest BCUT2D eigenvalue weighted by Crippen LogP contribution is -2.39. The molecule has 1 amide bonds. The third-order valence-corrected chi connectivity index (χ3v) is 3.69. The number of benzene rings is 1. The lowest BCUT2D eigenvalue weighted by molar-refractivity contribution is -0.131. The Balaban J connectivity index is 2.08. The van der Waals surface area contributed by atoms with Crippen LogP contribution in [0.25, 0.3) is 6.08 Å². The third kappa shape index (κ3) is 4.06. The van der Waals surface area contributed by atoms with E-state index in [9.17, 15) is 9.59 Å². The summed E-state index contributed by atoms with van der Waals surface area (Å²) in [5, 5.41) is 11.8. The van der Waals surface area contributed by atoms with Gasteiger partial charge < -0.3 is 15.2 Å². The zero-order valence-electron chi connectivity index (χ0n) is 11.5. The Morgan fingerprint density at radius 2 is 2.24 bits per heavy atom. The van der Waals surface area contributed by atoms with Crippen LogP contribution in [0.1, 0.15) is 29.3 Å². The molecule has 1 aromatic rings. The van der Waals surface area contributed by atoms with Gasteiger partial charge in [-0.1, -0.05) is 17.7 Å². The number of nitrogens with one attached hydrogen (secondary N) is 1. The lowest BCUT2D eigenvalue weighted by Gasteiger charge is -2.16. The Morgan fingerprint density at radius 1 is 1.48 bits per heavy atom. The van der Waals surface area contributed by atoms with Crippen LogP contribution in [0.5, 0.6) is 0 Å². The van der Waals surface area contributed by atoms with Crippen molar-refractivity contribution in [2.75, 3.05) is 6.61 Å². The standard InChI is InChI=1S/C15H16ClNO4/c1-9-13(6-7-21-9)17-15(20)11-3-2-10(12(16)8-11)4-5-14(18)19/h2-5,8-9,13H,6-7H2,1H3,(H,17,20)(H,18,19)/b5-4+. The number of hydrogen-bond donors (Lipinski definition) is 2. The molecule has 2 N–H and O–H groups in total. The van der Waals surface area contributed by atoms with Crippen molar-refractivity contribution in [3.05, 3.63) is 40.4 Å². The fraction of sp³-hybridized carbons (Fsp3) is 0.333. The van der Waals surface area contributed by atoms with Crippen LogP contribution < -0.4 is 5.32 Å². The van der Waals surface area contributed by atoms with Gasteiger partial charge in [0.25, 0.3) is 5.91 Å². The molecule has 0 spiro atoms. The highest BCUT2D eigenvalue weighted by atomic mass is 35.5. The summed E-state index contributed by atoms with van der Waals surface area (Å²) in [6.07, 6.45) is 3.18. The van der Waals surface area contributed by atoms with Crippen LogP contribution in [-0.4, -0.2) is 35.7 Å². The van der Waals surface area contributed by atoms with Crippen LogP contribution in [0.2, 0.25) is 5.02 Å². The SMILES string of the molecule is CC1OCCC1NC(=O)c1ccc(/C=C/C(=O)O)c(Cl)c1. The minimum absolute atomic E-state index is 0.00203. The second-order valence-electron chi connectivity index (χ2n) is 4.85. The Morgan fingerprint density at radius 3 is 2.81 bits per heavy atom. The number of carboxylic acid groups (broad SMARTS) is 1. The van der Waals surface area contributed by atoms with E-state index in [1.807, 2.05) is 6.92 Å². The first-order valence-electron chi connectivity index (χ1n) is 6.60. The first kappa shape index (κ1) is 15.5. The second kappa shape index (κ2) is 6.74. The molecule has 0 aliphatic carbocycles. The fourth-order valence-corrected chi connectivity index (χ4v) is 2.38. The number of carbonyl (C=O) groups is 2. The van der Waals surface area contributed by atoms with Gasteiger partial charge in [0.05, 0.1) is 12.1 Å². The van der Waals surface area contributed by atoms with Crippen LogP contribution in [0.15, 0.2) is 24.3 Å². The predicted molar refractivity (Wildman–Crippen MR) is 79.4 cm³/mol. The largest absolute Gasteiger partial charge is 0.478 e. The van der Waals surface area contributed by atoms with E-state index in [2.05, 4.69) is 5.32 Å². The summed E-state index contributed by atoms with van der Waals surface area (Å²) in [4.78, 5) is 22.6. The molecule has 2 atom stereocenters. The van der Waals surface area contributed by atoms with E-state index in [-0.39, 0.29) is 18.1 Å². The maximum Gasteiger partial charge on any atom is 0.328 e. The van der Waals surface area contributed by atoms with Crippen LogP contribution >= 0.6 is 11.6 Å². The molecule has 1 fully saturated rings. The zero-order valence-corrected chi connectivity index (χ0v) is 12.3. The molecule has 1 heterocycles. The molecule has 2 rings (SSSR count). The molecule has 5 nitrogen and oxygen atoms in total. The lowest BCUT2D eigenvalue weighted by atomic mass is 10.1. The molecular weight excluding hydrogens is 294 g/mol. The average Bonchev–Trinajstić information content (AvgIpc) is 2.82. The molecule has 112 valence electrons. The van der Waals surface area contributed by atoms with Crippen molar-refractivity contribution in [2.45, 2.75) is 25.5 Å². The first-order valence-corrected chi connectivity index (χ1v) is 6.98. The van der Waals surface area contributed by atoms with E-state index >= 15 is 0 Å². The van der Waals surface area contributed by atoms with Crippen LogP contribution in [-0.2, 0) is 9.53 Å². The fourth-order valence-electron chi connectivity index (χ4n) is 2.14. The summed E-state index contributed by atoms with van der Waals surface area (Å²) in [5.41, 5.74) is 0.986. The molecule has 0 aromatic heterocycles. The molecule has 0 radical (unpaired) electrons. The smallest absolute Gasteiger partial charge is 0.328 e. The van der Waals surface area contributed by atoms with Gasteiger partial charge in [-0.05, 0) is 37.1 Å². The van der Waals surface area contributed by atoms with E-state index in [4.69, 9.17) is 21.4 Å². The number of aliphatic carboxylic acids is 1. The average molecular weight is 310 g/mol. The van der Waals surface area contributed by atoms with Gasteiger partial charge in [0, 0.05) is 23.3 Å². The van der Waals surface area contributed by atoms with Crippen molar-refractivity contribution in [2.24, 2.45) is 0 Å². The number of rotatable bonds is 4. The molecule has 0 saturated carbocycles. The molecule has 1 aromatic carbocycles. The van der Waals surface area contributed by atoms with Gasteiger partial charge in [-0.2, -0.15) is 0 Å². The highest BCUT2D eigenvalue weighted by Gasteiger charge is 2.26. The highest BCUT2D eigenvalue weighted by Crippen LogP contribution is 2.20. The van der Waals surface area contributed by atoms with Crippen LogP contribution in [0, 0.1) is 0 Å². The summed E-state index contributed by atoms with van der Waals surface area (Å²) in [6.45, 7) is 2.57. The topological polar surface area (TPSA) is 75.6 Å². The van der Waals surface area contributed by atoms with Crippen molar-refractivity contribution in [1.82, 2.24) is 5.32 Å². The molecule has 2 unspecified atom stereocenters. The van der Waals surface area contributed by atoms with Crippen molar-refractivity contribution >= 4 is 29.6 Å². The highest BCUT2D eigenvalue weighted by molar-refractivity contribution is 6.32. The zero-order chi connectivity index (χ0) is 15.4. The first-order chi connectivity index (χ1) is 9.97. The quantitative estimate of drug-likeness (QED) is 0.837. The van der Waals surface area contributed by atoms with Gasteiger partial charge in [-0.3, -0.25) is 4.79 Å². The number of halogens is 1. The van der Waals surface area contributed by atoms with Gasteiger partial charge >= 0.3 is 5.97 Å². The maximum absolute atomic E-state index is 12.1. The summed E-state index contributed by atoms with van der Waals surface area (Å²) in [5.74, 6) is -1.27. The Bertz CT molecular complexity index is 585. The molecule has 21 heavy (non-hydrogen) atoms. The number of hydrogen-bond acceptors (Lipinski definition) is 3. The molecule has 0 bridgehead atoms. The molecule has 1 saturated heterocycles. The Hall–Kier alpha value is -1.85. The monoisotopic (exact) mass is 309 g/mol. The van der Waals surface area contributed by atoms with Crippen molar-refractivity contribution in [3.8, 4) is 0 Å². The molecule has 1 aliphatic rings. The Kier molecular flexibility index (Phi) is 4.98. The normalized spacial score (nSPS) is 21.6. The van der Waals surface area contributed by atoms with Crippen molar-refractivity contribution < 1.29 is 19.4 Å². The van der Waals surface area contributed by atoms with Crippen LogP contribution in [0.4, 0.5) is 0 Å². The minimum Gasteiger partial charge on any atom is -0.478 e. The Labute approximate surface area is 127 Å². The van der Waals surface area contributed by atoms with E-state index in [1.54, 1.807) is 12.1 Å². The number of amides is 1. The van der Waals surface area contributed by atoms with Gasteiger partial charge in [0.2, 0.25) is 0 Å². The predicted octanol–water partition coefficient (Wildman–Crippen LogP) is 2.34. The summed E-state index contributed by atoms with van der Waals surface area (Å²) >= 11 is 6.05. The minimum atomic E-state index is -1.05. The van der Waals surface area contributed by atoms with Crippen molar-refractivity contribution in [1.29, 1.82) is 0 Å².